The van der Waals surface area contributed by atoms with E-state index in [1.165, 1.54) is 0 Å². The zero-order valence-electron chi connectivity index (χ0n) is 14.7. The number of fused-ring (bicyclic) bond motifs is 3. The van der Waals surface area contributed by atoms with E-state index in [1.54, 1.807) is 12.5 Å². The van der Waals surface area contributed by atoms with Crippen LogP contribution in [0.15, 0.2) is 37.2 Å². The van der Waals surface area contributed by atoms with Crippen molar-refractivity contribution in [2.45, 2.75) is 30.8 Å². The summed E-state index contributed by atoms with van der Waals surface area (Å²) in [4.78, 5) is 17.6. The van der Waals surface area contributed by atoms with Gasteiger partial charge in [0.25, 0.3) is 0 Å². The highest BCUT2D eigenvalue weighted by atomic mass is 35.5. The van der Waals surface area contributed by atoms with Crippen molar-refractivity contribution in [3.8, 4) is 0 Å². The van der Waals surface area contributed by atoms with Gasteiger partial charge >= 0.3 is 0 Å². The number of aromatic nitrogens is 5. The molecule has 0 radical (unpaired) electrons. The Bertz CT molecular complexity index is 948. The largest absolute Gasteiger partial charge is 0.396 e. The van der Waals surface area contributed by atoms with Gasteiger partial charge in [0.05, 0.1) is 6.33 Å². The van der Waals surface area contributed by atoms with Gasteiger partial charge in [-0.1, -0.05) is 6.07 Å². The molecular formula is C19H21ClN6O. The molecule has 3 heterocycles. The minimum absolute atomic E-state index is 0.171. The standard InChI is InChI=1S/C19H21ClN6O/c20-15-4-13-14(8-27)12(15)5-16(13)26-10-25-17-18(23-9-24-19(17)26)22-7-11-2-1-3-21-6-11/h1-3,6,9-10,12-16,27H,4-5,7-8H2,(H,22,23,24)/t12-,13-,14-,15-,16-/m0/s1. The maximum Gasteiger partial charge on any atom is 0.165 e. The molecule has 5 rings (SSSR count). The number of alkyl halides is 1. The number of anilines is 1. The molecule has 2 saturated carbocycles. The minimum Gasteiger partial charge on any atom is -0.396 e. The van der Waals surface area contributed by atoms with Crippen LogP contribution in [0.5, 0.6) is 0 Å². The highest BCUT2D eigenvalue weighted by molar-refractivity contribution is 6.21. The lowest BCUT2D eigenvalue weighted by atomic mass is 9.94. The van der Waals surface area contributed by atoms with Crippen molar-refractivity contribution in [2.75, 3.05) is 11.9 Å². The number of aliphatic hydroxyl groups excluding tert-OH is 1. The van der Waals surface area contributed by atoms with Crippen LogP contribution in [-0.2, 0) is 6.54 Å². The average molecular weight is 385 g/mol. The summed E-state index contributed by atoms with van der Waals surface area (Å²) in [6, 6.07) is 4.22. The summed E-state index contributed by atoms with van der Waals surface area (Å²) in [7, 11) is 0. The van der Waals surface area contributed by atoms with Crippen LogP contribution >= 0.6 is 11.6 Å². The Kier molecular flexibility index (Phi) is 4.21. The Morgan fingerprint density at radius 1 is 1.22 bits per heavy atom. The van der Waals surface area contributed by atoms with Gasteiger partial charge in [-0.15, -0.1) is 11.6 Å². The van der Waals surface area contributed by atoms with Crippen molar-refractivity contribution in [3.63, 3.8) is 0 Å². The molecule has 0 amide bonds. The van der Waals surface area contributed by atoms with Gasteiger partial charge in [0.15, 0.2) is 11.5 Å². The van der Waals surface area contributed by atoms with Crippen molar-refractivity contribution in [1.29, 1.82) is 0 Å². The van der Waals surface area contributed by atoms with E-state index in [2.05, 4.69) is 29.8 Å². The predicted molar refractivity (Wildman–Crippen MR) is 102 cm³/mol. The molecule has 3 aromatic rings. The number of nitrogens with zero attached hydrogens (tertiary/aromatic N) is 5. The zero-order chi connectivity index (χ0) is 18.4. The average Bonchev–Trinajstić information content (AvgIpc) is 3.37. The summed E-state index contributed by atoms with van der Waals surface area (Å²) in [5, 5.41) is 13.3. The first-order valence-electron chi connectivity index (χ1n) is 9.31. The third kappa shape index (κ3) is 2.76. The van der Waals surface area contributed by atoms with Crippen molar-refractivity contribution >= 4 is 28.6 Å². The number of hydrogen-bond donors (Lipinski definition) is 2. The fourth-order valence-corrected chi connectivity index (χ4v) is 5.41. The molecule has 2 N–H and O–H groups in total. The molecule has 7 nitrogen and oxygen atoms in total. The van der Waals surface area contributed by atoms with Gasteiger partial charge in [0.1, 0.15) is 11.8 Å². The maximum atomic E-state index is 9.79. The quantitative estimate of drug-likeness (QED) is 0.657. The predicted octanol–water partition coefficient (Wildman–Crippen LogP) is 2.63. The van der Waals surface area contributed by atoms with Crippen LogP contribution < -0.4 is 5.32 Å². The van der Waals surface area contributed by atoms with Gasteiger partial charge in [-0.05, 0) is 42.2 Å². The molecular weight excluding hydrogens is 364 g/mol. The number of halogens is 1. The molecule has 0 aliphatic heterocycles. The molecule has 2 aliphatic carbocycles. The number of aliphatic hydroxyl groups is 1. The van der Waals surface area contributed by atoms with Crippen LogP contribution in [0.4, 0.5) is 5.82 Å². The molecule has 2 fully saturated rings. The molecule has 0 saturated heterocycles. The van der Waals surface area contributed by atoms with Gasteiger partial charge in [-0.2, -0.15) is 0 Å². The Morgan fingerprint density at radius 2 is 2.15 bits per heavy atom. The van der Waals surface area contributed by atoms with E-state index < -0.39 is 0 Å². The van der Waals surface area contributed by atoms with E-state index in [-0.39, 0.29) is 23.9 Å². The van der Waals surface area contributed by atoms with E-state index >= 15 is 0 Å². The van der Waals surface area contributed by atoms with Crippen LogP contribution in [0.3, 0.4) is 0 Å². The Hall–Kier alpha value is -2.25. The molecule has 8 heteroatoms. The van der Waals surface area contributed by atoms with E-state index in [9.17, 15) is 5.11 Å². The summed E-state index contributed by atoms with van der Waals surface area (Å²) >= 11 is 6.48. The SMILES string of the molecule is OC[C@H]1[C@@H]2C[C@H](n3cnc4c(NCc5cccnc5)ncnc43)[C@H]1C[C@@H]2Cl. The molecule has 140 valence electrons. The maximum absolute atomic E-state index is 9.79. The van der Waals surface area contributed by atoms with Gasteiger partial charge in [-0.25, -0.2) is 15.0 Å². The lowest BCUT2D eigenvalue weighted by Gasteiger charge is -2.25. The Morgan fingerprint density at radius 3 is 2.93 bits per heavy atom. The van der Waals surface area contributed by atoms with E-state index in [4.69, 9.17) is 11.6 Å². The van der Waals surface area contributed by atoms with Gasteiger partial charge in [-0.3, -0.25) is 4.98 Å². The summed E-state index contributed by atoms with van der Waals surface area (Å²) in [5.41, 5.74) is 2.68. The molecule has 0 spiro atoms. The fraction of sp³-hybridized carbons (Fsp3) is 0.474. The monoisotopic (exact) mass is 384 g/mol. The van der Waals surface area contributed by atoms with Gasteiger partial charge in [0.2, 0.25) is 0 Å². The first-order chi connectivity index (χ1) is 13.3. The Labute approximate surface area is 161 Å². The van der Waals surface area contributed by atoms with Gasteiger partial charge < -0.3 is 15.0 Å². The second kappa shape index (κ2) is 6.73. The highest BCUT2D eigenvalue weighted by Crippen LogP contribution is 2.56. The molecule has 5 atom stereocenters. The fourth-order valence-electron chi connectivity index (χ4n) is 4.92. The van der Waals surface area contributed by atoms with Crippen LogP contribution in [0.2, 0.25) is 0 Å². The molecule has 0 unspecified atom stereocenters. The second-order valence-corrected chi connectivity index (χ2v) is 8.05. The third-order valence-corrected chi connectivity index (χ3v) is 6.68. The van der Waals surface area contributed by atoms with E-state index in [1.807, 2.05) is 24.7 Å². The topological polar surface area (TPSA) is 88.8 Å². The first-order valence-corrected chi connectivity index (χ1v) is 9.75. The third-order valence-electron chi connectivity index (χ3n) is 6.18. The molecule has 2 aliphatic rings. The summed E-state index contributed by atoms with van der Waals surface area (Å²) in [6.07, 6.45) is 8.94. The van der Waals surface area contributed by atoms with Crippen LogP contribution in [0.1, 0.15) is 24.4 Å². The summed E-state index contributed by atoms with van der Waals surface area (Å²) in [6.45, 7) is 0.829. The van der Waals surface area contributed by atoms with Crippen molar-refractivity contribution < 1.29 is 5.11 Å². The van der Waals surface area contributed by atoms with E-state index in [0.717, 1.165) is 35.4 Å². The number of rotatable bonds is 5. The summed E-state index contributed by atoms with van der Waals surface area (Å²) in [5.74, 6) is 1.75. The van der Waals surface area contributed by atoms with Crippen molar-refractivity contribution in [2.24, 2.45) is 17.8 Å². The van der Waals surface area contributed by atoms with Crippen molar-refractivity contribution in [1.82, 2.24) is 24.5 Å². The van der Waals surface area contributed by atoms with Gasteiger partial charge in [0, 0.05) is 37.0 Å². The lowest BCUT2D eigenvalue weighted by Crippen LogP contribution is -2.21. The number of imidazole rings is 1. The lowest BCUT2D eigenvalue weighted by molar-refractivity contribution is 0.185. The van der Waals surface area contributed by atoms with E-state index in [0.29, 0.717) is 18.4 Å². The van der Waals surface area contributed by atoms with Crippen LogP contribution in [0.25, 0.3) is 11.2 Å². The first kappa shape index (κ1) is 16.9. The zero-order valence-corrected chi connectivity index (χ0v) is 15.5. The van der Waals surface area contributed by atoms with Crippen molar-refractivity contribution in [3.05, 3.63) is 42.7 Å². The molecule has 2 bridgehead atoms. The molecule has 0 aromatic carbocycles. The highest BCUT2D eigenvalue weighted by Gasteiger charge is 2.53. The van der Waals surface area contributed by atoms with Crippen LogP contribution in [-0.4, -0.2) is 41.6 Å². The number of pyridine rings is 1. The minimum atomic E-state index is 0.171. The normalized spacial score (nSPS) is 29.5. The molecule has 27 heavy (non-hydrogen) atoms. The number of hydrogen-bond acceptors (Lipinski definition) is 6. The number of nitrogens with one attached hydrogen (secondary N) is 1. The molecule has 3 aromatic heterocycles. The second-order valence-electron chi connectivity index (χ2n) is 7.49. The van der Waals surface area contributed by atoms with Crippen LogP contribution in [0, 0.1) is 17.8 Å². The summed E-state index contributed by atoms with van der Waals surface area (Å²) < 4.78 is 2.16. The Balaban J connectivity index is 1.43. The smallest absolute Gasteiger partial charge is 0.165 e.